The SMILES string of the molecule is CC(=O)N1C[C@H]2CO[C@H](O[C@H](C)c3cc(C(F)(F)F)cc(C(F)(F)F)c3)[C@@H](c3cc(C)c(F)cc3C)[C@@H]2C1. The Kier molecular flexibility index (Phi) is 7.57. The number of nitrogens with zero attached hydrogens (tertiary/aromatic N) is 1. The van der Waals surface area contributed by atoms with E-state index in [0.29, 0.717) is 41.9 Å². The standard InChI is InChI=1S/C27H28F7NO3/c1-13-6-23(28)14(2)5-21(13)24-22-11-35(16(4)36)10-18(22)12-37-25(24)38-15(3)17-7-19(26(29,30)31)9-20(8-17)27(32,33)34/h5-9,15,18,22,24-25H,10-12H2,1-4H3/t15-,18+,22-,24+,25-/m1/s1. The molecule has 0 bridgehead atoms. The van der Waals surface area contributed by atoms with Gasteiger partial charge in [-0.1, -0.05) is 6.07 Å². The van der Waals surface area contributed by atoms with Crippen molar-refractivity contribution in [3.8, 4) is 0 Å². The highest BCUT2D eigenvalue weighted by Gasteiger charge is 2.48. The van der Waals surface area contributed by atoms with Crippen molar-refractivity contribution < 1.29 is 45.0 Å². The molecule has 2 aliphatic heterocycles. The van der Waals surface area contributed by atoms with Crippen LogP contribution in [0.5, 0.6) is 0 Å². The summed E-state index contributed by atoms with van der Waals surface area (Å²) in [6.07, 6.45) is -12.2. The first-order chi connectivity index (χ1) is 17.6. The van der Waals surface area contributed by atoms with Gasteiger partial charge in [-0.25, -0.2) is 4.39 Å². The Morgan fingerprint density at radius 1 is 0.974 bits per heavy atom. The Balaban J connectivity index is 1.72. The fraction of sp³-hybridized carbons (Fsp3) is 0.519. The minimum atomic E-state index is -4.99. The fourth-order valence-electron chi connectivity index (χ4n) is 5.42. The van der Waals surface area contributed by atoms with E-state index in [9.17, 15) is 35.5 Å². The van der Waals surface area contributed by atoms with E-state index in [0.717, 1.165) is 0 Å². The van der Waals surface area contributed by atoms with E-state index < -0.39 is 47.6 Å². The van der Waals surface area contributed by atoms with Gasteiger partial charge in [0.2, 0.25) is 5.91 Å². The molecule has 0 saturated carbocycles. The average Bonchev–Trinajstić information content (AvgIpc) is 3.25. The lowest BCUT2D eigenvalue weighted by atomic mass is 9.76. The van der Waals surface area contributed by atoms with Crippen molar-refractivity contribution in [2.75, 3.05) is 19.7 Å². The van der Waals surface area contributed by atoms with Crippen LogP contribution in [0.15, 0.2) is 30.3 Å². The van der Waals surface area contributed by atoms with Crippen LogP contribution < -0.4 is 0 Å². The third-order valence-electron chi connectivity index (χ3n) is 7.49. The van der Waals surface area contributed by atoms with Crippen LogP contribution in [-0.2, 0) is 26.6 Å². The second-order valence-electron chi connectivity index (χ2n) is 10.2. The van der Waals surface area contributed by atoms with Gasteiger partial charge in [-0.05, 0) is 73.2 Å². The van der Waals surface area contributed by atoms with Gasteiger partial charge in [-0.2, -0.15) is 26.3 Å². The number of rotatable bonds is 4. The Labute approximate surface area is 215 Å². The monoisotopic (exact) mass is 547 g/mol. The van der Waals surface area contributed by atoms with Gasteiger partial charge in [-0.3, -0.25) is 4.79 Å². The van der Waals surface area contributed by atoms with Crippen LogP contribution in [0.2, 0.25) is 0 Å². The molecule has 0 aromatic heterocycles. The van der Waals surface area contributed by atoms with Gasteiger partial charge in [0.1, 0.15) is 5.82 Å². The van der Waals surface area contributed by atoms with Crippen molar-refractivity contribution in [1.29, 1.82) is 0 Å². The summed E-state index contributed by atoms with van der Waals surface area (Å²) in [5, 5.41) is 0. The quantitative estimate of drug-likeness (QED) is 0.396. The zero-order valence-electron chi connectivity index (χ0n) is 21.2. The lowest BCUT2D eigenvalue weighted by Crippen LogP contribution is -2.42. The molecule has 208 valence electrons. The highest BCUT2D eigenvalue weighted by molar-refractivity contribution is 5.73. The van der Waals surface area contributed by atoms with Gasteiger partial charge in [0.15, 0.2) is 6.29 Å². The Morgan fingerprint density at radius 2 is 1.58 bits per heavy atom. The summed E-state index contributed by atoms with van der Waals surface area (Å²) in [5.74, 6) is -1.30. The van der Waals surface area contributed by atoms with E-state index in [1.54, 1.807) is 24.8 Å². The summed E-state index contributed by atoms with van der Waals surface area (Å²) in [4.78, 5) is 13.8. The number of aryl methyl sites for hydroxylation is 2. The minimum absolute atomic E-state index is 0.0609. The highest BCUT2D eigenvalue weighted by atomic mass is 19.4. The third-order valence-corrected chi connectivity index (χ3v) is 7.49. The van der Waals surface area contributed by atoms with E-state index in [2.05, 4.69) is 0 Å². The van der Waals surface area contributed by atoms with Gasteiger partial charge in [0.05, 0.1) is 23.8 Å². The molecule has 2 aromatic carbocycles. The molecular formula is C27H28F7NO3. The molecule has 2 saturated heterocycles. The molecule has 5 atom stereocenters. The molecule has 2 aliphatic rings. The van der Waals surface area contributed by atoms with Crippen LogP contribution in [0.3, 0.4) is 0 Å². The maximum absolute atomic E-state index is 14.3. The largest absolute Gasteiger partial charge is 0.416 e. The maximum atomic E-state index is 14.3. The number of fused-ring (bicyclic) bond motifs is 1. The number of alkyl halides is 6. The van der Waals surface area contributed by atoms with Crippen LogP contribution in [0, 0.1) is 31.5 Å². The second kappa shape index (κ2) is 10.1. The number of likely N-dealkylation sites (tertiary alicyclic amines) is 1. The molecular weight excluding hydrogens is 519 g/mol. The van der Waals surface area contributed by atoms with Crippen molar-refractivity contribution in [2.45, 2.75) is 58.4 Å². The molecule has 11 heteroatoms. The number of ether oxygens (including phenoxy) is 2. The Bertz CT molecular complexity index is 1180. The van der Waals surface area contributed by atoms with Crippen LogP contribution in [0.25, 0.3) is 0 Å². The fourth-order valence-corrected chi connectivity index (χ4v) is 5.42. The molecule has 0 spiro atoms. The first-order valence-electron chi connectivity index (χ1n) is 12.1. The van der Waals surface area contributed by atoms with Crippen molar-refractivity contribution in [1.82, 2.24) is 4.90 Å². The van der Waals surface area contributed by atoms with Crippen molar-refractivity contribution in [3.63, 3.8) is 0 Å². The smallest absolute Gasteiger partial charge is 0.352 e. The molecule has 0 N–H and O–H groups in total. The summed E-state index contributed by atoms with van der Waals surface area (Å²) in [5.41, 5.74) is -1.51. The van der Waals surface area contributed by atoms with Gasteiger partial charge >= 0.3 is 12.4 Å². The predicted octanol–water partition coefficient (Wildman–Crippen LogP) is 6.79. The highest BCUT2D eigenvalue weighted by Crippen LogP contribution is 2.46. The second-order valence-corrected chi connectivity index (χ2v) is 10.2. The average molecular weight is 548 g/mol. The predicted molar refractivity (Wildman–Crippen MR) is 124 cm³/mol. The van der Waals surface area contributed by atoms with Crippen molar-refractivity contribution in [2.24, 2.45) is 11.8 Å². The van der Waals surface area contributed by atoms with Gasteiger partial charge < -0.3 is 14.4 Å². The summed E-state index contributed by atoms with van der Waals surface area (Å²) >= 11 is 0. The first kappa shape index (κ1) is 28.4. The number of benzene rings is 2. The Hall–Kier alpha value is -2.66. The van der Waals surface area contributed by atoms with Crippen molar-refractivity contribution >= 4 is 5.91 Å². The topological polar surface area (TPSA) is 38.8 Å². The zero-order chi connectivity index (χ0) is 28.2. The zero-order valence-corrected chi connectivity index (χ0v) is 21.2. The molecule has 1 amide bonds. The van der Waals surface area contributed by atoms with Gasteiger partial charge in [0, 0.05) is 31.8 Å². The Morgan fingerprint density at radius 3 is 2.13 bits per heavy atom. The maximum Gasteiger partial charge on any atom is 0.416 e. The van der Waals surface area contributed by atoms with Crippen LogP contribution >= 0.6 is 0 Å². The normalized spacial score (nSPS) is 24.9. The number of halogens is 7. The lowest BCUT2D eigenvalue weighted by molar-refractivity contribution is -0.217. The van der Waals surface area contributed by atoms with E-state index in [1.165, 1.54) is 19.9 Å². The number of carbonyl (C=O) groups excluding carboxylic acids is 1. The van der Waals surface area contributed by atoms with E-state index in [1.807, 2.05) is 0 Å². The molecule has 2 fully saturated rings. The number of amides is 1. The minimum Gasteiger partial charge on any atom is -0.352 e. The molecule has 2 heterocycles. The van der Waals surface area contributed by atoms with E-state index in [-0.39, 0.29) is 36.0 Å². The molecule has 0 unspecified atom stereocenters. The molecule has 38 heavy (non-hydrogen) atoms. The molecule has 4 nitrogen and oxygen atoms in total. The van der Waals surface area contributed by atoms with Gasteiger partial charge in [0.25, 0.3) is 0 Å². The van der Waals surface area contributed by atoms with Crippen molar-refractivity contribution in [3.05, 3.63) is 69.5 Å². The third kappa shape index (κ3) is 5.68. The molecule has 0 aliphatic carbocycles. The van der Waals surface area contributed by atoms with Gasteiger partial charge in [-0.15, -0.1) is 0 Å². The number of hydrogen-bond acceptors (Lipinski definition) is 3. The first-order valence-corrected chi connectivity index (χ1v) is 12.1. The number of hydrogen-bond donors (Lipinski definition) is 0. The van der Waals surface area contributed by atoms with Crippen LogP contribution in [0.1, 0.15) is 59.3 Å². The summed E-state index contributed by atoms with van der Waals surface area (Å²) < 4.78 is 107. The summed E-state index contributed by atoms with van der Waals surface area (Å²) in [6.45, 7) is 7.13. The molecule has 4 rings (SSSR count). The summed E-state index contributed by atoms with van der Waals surface area (Å²) in [6, 6.07) is 4.38. The van der Waals surface area contributed by atoms with E-state index >= 15 is 0 Å². The van der Waals surface area contributed by atoms with E-state index in [4.69, 9.17) is 9.47 Å². The lowest BCUT2D eigenvalue weighted by Gasteiger charge is -2.41. The summed E-state index contributed by atoms with van der Waals surface area (Å²) in [7, 11) is 0. The number of carbonyl (C=O) groups is 1. The van der Waals surface area contributed by atoms with Crippen LogP contribution in [-0.4, -0.2) is 36.8 Å². The van der Waals surface area contributed by atoms with Crippen LogP contribution in [0.4, 0.5) is 30.7 Å². The molecule has 0 radical (unpaired) electrons. The molecule has 2 aromatic rings.